The number of benzene rings is 2. The van der Waals surface area contributed by atoms with Crippen molar-refractivity contribution in [1.82, 2.24) is 14.7 Å². The van der Waals surface area contributed by atoms with E-state index in [2.05, 4.69) is 37.5 Å². The second kappa shape index (κ2) is 12.3. The minimum atomic E-state index is -0.588. The molecule has 0 bridgehead atoms. The van der Waals surface area contributed by atoms with Gasteiger partial charge in [-0.05, 0) is 32.0 Å². The molecule has 1 N–H and O–H groups in total. The molecule has 0 spiro atoms. The van der Waals surface area contributed by atoms with Crippen LogP contribution in [0.4, 0.5) is 0 Å². The summed E-state index contributed by atoms with van der Waals surface area (Å²) in [6, 6.07) is 18.2. The van der Waals surface area contributed by atoms with Crippen molar-refractivity contribution in [2.45, 2.75) is 32.9 Å². The first-order valence-corrected chi connectivity index (χ1v) is 11.5. The maximum absolute atomic E-state index is 10.5. The highest BCUT2D eigenvalue weighted by molar-refractivity contribution is 5.65. The molecule has 0 aliphatic heterocycles. The van der Waals surface area contributed by atoms with E-state index in [1.165, 1.54) is 5.56 Å². The van der Waals surface area contributed by atoms with E-state index in [4.69, 9.17) is 14.6 Å². The number of rotatable bonds is 13. The molecule has 6 heteroatoms. The third-order valence-corrected chi connectivity index (χ3v) is 5.31. The third-order valence-electron chi connectivity index (χ3n) is 5.31. The van der Waals surface area contributed by atoms with Gasteiger partial charge in [-0.25, -0.2) is 4.68 Å². The van der Waals surface area contributed by atoms with Crippen LogP contribution in [0.3, 0.4) is 0 Å². The Bertz CT molecular complexity index is 999. The van der Waals surface area contributed by atoms with Gasteiger partial charge in [-0.15, -0.1) is 6.58 Å². The van der Waals surface area contributed by atoms with E-state index >= 15 is 0 Å². The summed E-state index contributed by atoms with van der Waals surface area (Å²) in [5.41, 5.74) is 4.10. The summed E-state index contributed by atoms with van der Waals surface area (Å²) in [6.07, 6.45) is 2.07. The average Bonchev–Trinajstić information content (AvgIpc) is 3.11. The number of hydrogen-bond acceptors (Lipinski definition) is 5. The Balaban J connectivity index is 1.91. The monoisotopic (exact) mass is 449 g/mol. The zero-order valence-corrected chi connectivity index (χ0v) is 19.9. The second-order valence-electron chi connectivity index (χ2n) is 8.25. The highest BCUT2D eigenvalue weighted by atomic mass is 16.5. The summed E-state index contributed by atoms with van der Waals surface area (Å²) in [4.78, 5) is 2.23. The SMILES string of the molecule is C=CCOC[C@@H](O)CN(CCC)Cc1c(-c2ccccc2)nn(C)c1Oc1ccc(C)cc1. The van der Waals surface area contributed by atoms with Crippen LogP contribution in [-0.4, -0.2) is 52.2 Å². The van der Waals surface area contributed by atoms with Crippen molar-refractivity contribution >= 4 is 0 Å². The molecular formula is C27H35N3O3. The lowest BCUT2D eigenvalue weighted by molar-refractivity contribution is 0.0245. The minimum Gasteiger partial charge on any atom is -0.439 e. The van der Waals surface area contributed by atoms with Crippen molar-refractivity contribution in [3.8, 4) is 22.9 Å². The van der Waals surface area contributed by atoms with Gasteiger partial charge in [0.1, 0.15) is 11.4 Å². The van der Waals surface area contributed by atoms with Crippen LogP contribution in [0.25, 0.3) is 11.3 Å². The minimum absolute atomic E-state index is 0.275. The molecule has 1 atom stereocenters. The zero-order chi connectivity index (χ0) is 23.6. The standard InChI is InChI=1S/C27H35N3O3/c1-5-16-30(18-23(31)20-32-17-6-2)19-25-26(22-10-8-7-9-11-22)28-29(4)27(25)33-24-14-12-21(3)13-15-24/h6-15,23,31H,2,5,16-20H2,1,3-4H3/t23-/m0/s1. The highest BCUT2D eigenvalue weighted by Gasteiger charge is 2.23. The van der Waals surface area contributed by atoms with Crippen molar-refractivity contribution in [2.24, 2.45) is 7.05 Å². The number of nitrogens with zero attached hydrogens (tertiary/aromatic N) is 3. The maximum atomic E-state index is 10.5. The lowest BCUT2D eigenvalue weighted by atomic mass is 10.1. The Hall–Kier alpha value is -2.93. The Morgan fingerprint density at radius 3 is 2.55 bits per heavy atom. The fraction of sp³-hybridized carbons (Fsp3) is 0.370. The maximum Gasteiger partial charge on any atom is 0.222 e. The van der Waals surface area contributed by atoms with E-state index in [9.17, 15) is 5.11 Å². The van der Waals surface area contributed by atoms with Gasteiger partial charge in [-0.1, -0.05) is 61.0 Å². The van der Waals surface area contributed by atoms with Crippen molar-refractivity contribution in [3.05, 3.63) is 78.4 Å². The quantitative estimate of drug-likeness (QED) is 0.295. The Labute approximate surface area is 197 Å². The van der Waals surface area contributed by atoms with Gasteiger partial charge in [0.25, 0.3) is 0 Å². The summed E-state index contributed by atoms with van der Waals surface area (Å²) in [5, 5.41) is 15.3. The molecule has 0 fully saturated rings. The summed E-state index contributed by atoms with van der Waals surface area (Å²) in [6.45, 7) is 10.5. The van der Waals surface area contributed by atoms with Gasteiger partial charge in [0, 0.05) is 25.7 Å². The van der Waals surface area contributed by atoms with Crippen LogP contribution in [0.1, 0.15) is 24.5 Å². The van der Waals surface area contributed by atoms with E-state index in [1.807, 2.05) is 49.5 Å². The van der Waals surface area contributed by atoms with Crippen LogP contribution in [0.2, 0.25) is 0 Å². The average molecular weight is 450 g/mol. The van der Waals surface area contributed by atoms with Gasteiger partial charge in [-0.3, -0.25) is 4.90 Å². The van der Waals surface area contributed by atoms with Crippen LogP contribution >= 0.6 is 0 Å². The molecule has 1 heterocycles. The van der Waals surface area contributed by atoms with Crippen molar-refractivity contribution in [3.63, 3.8) is 0 Å². The molecular weight excluding hydrogens is 414 g/mol. The molecule has 33 heavy (non-hydrogen) atoms. The molecule has 1 aromatic heterocycles. The van der Waals surface area contributed by atoms with Gasteiger partial charge < -0.3 is 14.6 Å². The number of aryl methyl sites for hydroxylation is 2. The number of ether oxygens (including phenoxy) is 2. The van der Waals surface area contributed by atoms with Crippen LogP contribution in [0, 0.1) is 6.92 Å². The van der Waals surface area contributed by atoms with Gasteiger partial charge in [0.15, 0.2) is 0 Å². The fourth-order valence-electron chi connectivity index (χ4n) is 3.78. The molecule has 2 aromatic carbocycles. The van der Waals surface area contributed by atoms with Crippen LogP contribution in [0.5, 0.6) is 11.6 Å². The molecule has 3 rings (SSSR count). The first kappa shape index (κ1) is 24.7. The van der Waals surface area contributed by atoms with E-state index in [0.29, 0.717) is 25.6 Å². The van der Waals surface area contributed by atoms with Crippen LogP contribution < -0.4 is 4.74 Å². The van der Waals surface area contributed by atoms with Gasteiger partial charge in [-0.2, -0.15) is 5.10 Å². The molecule has 0 unspecified atom stereocenters. The first-order chi connectivity index (χ1) is 16.0. The fourth-order valence-corrected chi connectivity index (χ4v) is 3.78. The van der Waals surface area contributed by atoms with E-state index < -0.39 is 6.10 Å². The van der Waals surface area contributed by atoms with Gasteiger partial charge >= 0.3 is 0 Å². The molecule has 0 aliphatic carbocycles. The zero-order valence-electron chi connectivity index (χ0n) is 19.9. The lowest BCUT2D eigenvalue weighted by Crippen LogP contribution is -2.35. The van der Waals surface area contributed by atoms with E-state index in [0.717, 1.165) is 35.5 Å². The predicted molar refractivity (Wildman–Crippen MR) is 132 cm³/mol. The van der Waals surface area contributed by atoms with Crippen molar-refractivity contribution < 1.29 is 14.6 Å². The summed E-state index contributed by atoms with van der Waals surface area (Å²) >= 11 is 0. The van der Waals surface area contributed by atoms with Crippen molar-refractivity contribution in [2.75, 3.05) is 26.3 Å². The lowest BCUT2D eigenvalue weighted by Gasteiger charge is -2.25. The molecule has 6 nitrogen and oxygen atoms in total. The van der Waals surface area contributed by atoms with Crippen LogP contribution in [0.15, 0.2) is 67.3 Å². The van der Waals surface area contributed by atoms with Gasteiger partial charge in [0.2, 0.25) is 5.88 Å². The van der Waals surface area contributed by atoms with E-state index in [-0.39, 0.29) is 6.61 Å². The number of aliphatic hydroxyl groups excluding tert-OH is 1. The van der Waals surface area contributed by atoms with E-state index in [1.54, 1.807) is 10.8 Å². The molecule has 0 amide bonds. The molecule has 3 aromatic rings. The number of aromatic nitrogens is 2. The smallest absolute Gasteiger partial charge is 0.222 e. The van der Waals surface area contributed by atoms with Gasteiger partial charge in [0.05, 0.1) is 24.9 Å². The third kappa shape index (κ3) is 7.02. The highest BCUT2D eigenvalue weighted by Crippen LogP contribution is 2.34. The summed E-state index contributed by atoms with van der Waals surface area (Å²) < 4.78 is 13.6. The molecule has 0 saturated heterocycles. The topological polar surface area (TPSA) is 59.8 Å². The molecule has 0 saturated carbocycles. The first-order valence-electron chi connectivity index (χ1n) is 11.5. The molecule has 0 radical (unpaired) electrons. The number of aliphatic hydroxyl groups is 1. The predicted octanol–water partition coefficient (Wildman–Crippen LogP) is 4.96. The van der Waals surface area contributed by atoms with Crippen LogP contribution in [-0.2, 0) is 18.3 Å². The summed E-state index contributed by atoms with van der Waals surface area (Å²) in [7, 11) is 1.90. The molecule has 176 valence electrons. The van der Waals surface area contributed by atoms with Crippen molar-refractivity contribution in [1.29, 1.82) is 0 Å². The Morgan fingerprint density at radius 2 is 1.88 bits per heavy atom. The summed E-state index contributed by atoms with van der Waals surface area (Å²) in [5.74, 6) is 1.47. The number of hydrogen-bond donors (Lipinski definition) is 1. The molecule has 0 aliphatic rings. The normalized spacial score (nSPS) is 12.2. The largest absolute Gasteiger partial charge is 0.439 e. The second-order valence-corrected chi connectivity index (χ2v) is 8.25. The Morgan fingerprint density at radius 1 is 1.15 bits per heavy atom. The Kier molecular flexibility index (Phi) is 9.24.